The lowest BCUT2D eigenvalue weighted by Crippen LogP contribution is -2.30. The molecule has 0 bridgehead atoms. The predicted molar refractivity (Wildman–Crippen MR) is 119 cm³/mol. The highest BCUT2D eigenvalue weighted by molar-refractivity contribution is 7.80. The largest absolute Gasteiger partial charge is 0.395 e. The molecule has 0 aliphatic heterocycles. The van der Waals surface area contributed by atoms with Crippen molar-refractivity contribution in [1.29, 1.82) is 0 Å². The number of hydrogen-bond donors (Lipinski definition) is 3. The average molecular weight is 400 g/mol. The van der Waals surface area contributed by atoms with E-state index in [4.69, 9.17) is 27.3 Å². The molecule has 5 aromatic rings. The molecule has 5 rings (SSSR count). The molecule has 3 aromatic heterocycles. The normalized spacial score (nSPS) is 11.3. The van der Waals surface area contributed by atoms with Crippen molar-refractivity contribution in [1.82, 2.24) is 25.3 Å². The Hall–Kier alpha value is -3.49. The van der Waals surface area contributed by atoms with E-state index in [0.29, 0.717) is 11.7 Å². The Morgan fingerprint density at radius 1 is 0.862 bits per heavy atom. The smallest absolute Gasteiger partial charge is 0.170 e. The maximum Gasteiger partial charge on any atom is 0.170 e. The Labute approximate surface area is 170 Å². The summed E-state index contributed by atoms with van der Waals surface area (Å²) in [6.45, 7) is 0.403. The molecule has 0 unspecified atom stereocenters. The van der Waals surface area contributed by atoms with E-state index >= 15 is 0 Å². The summed E-state index contributed by atoms with van der Waals surface area (Å²) in [6.07, 6.45) is 3.53. The van der Waals surface area contributed by atoms with Gasteiger partial charge in [-0.1, -0.05) is 12.1 Å². The van der Waals surface area contributed by atoms with Crippen LogP contribution in [-0.2, 0) is 0 Å². The van der Waals surface area contributed by atoms with Gasteiger partial charge >= 0.3 is 0 Å². The minimum Gasteiger partial charge on any atom is -0.395 e. The van der Waals surface area contributed by atoms with Crippen LogP contribution in [-0.4, -0.2) is 43.3 Å². The van der Waals surface area contributed by atoms with Crippen molar-refractivity contribution in [2.75, 3.05) is 18.5 Å². The second-order valence-electron chi connectivity index (χ2n) is 6.53. The number of benzene rings is 2. The van der Waals surface area contributed by atoms with Crippen molar-refractivity contribution in [3.63, 3.8) is 0 Å². The fourth-order valence-corrected chi connectivity index (χ4v) is 3.65. The van der Waals surface area contributed by atoms with Gasteiger partial charge in [-0.05, 0) is 42.5 Å². The fourth-order valence-electron chi connectivity index (χ4n) is 3.43. The van der Waals surface area contributed by atoms with Crippen molar-refractivity contribution in [2.24, 2.45) is 0 Å². The second-order valence-corrected chi connectivity index (χ2v) is 6.94. The summed E-state index contributed by atoms with van der Waals surface area (Å²) in [5, 5.41) is 17.4. The molecule has 0 radical (unpaired) electrons. The van der Waals surface area contributed by atoms with Crippen LogP contribution < -0.4 is 10.6 Å². The topological polar surface area (TPSA) is 95.8 Å². The number of fused-ring (bicyclic) bond motifs is 7. The number of thiocarbonyl (C=S) groups is 1. The monoisotopic (exact) mass is 400 g/mol. The van der Waals surface area contributed by atoms with Crippen LogP contribution in [0.15, 0.2) is 54.9 Å². The van der Waals surface area contributed by atoms with Gasteiger partial charge < -0.3 is 15.7 Å². The first-order valence-electron chi connectivity index (χ1n) is 9.13. The number of anilines is 1. The van der Waals surface area contributed by atoms with Crippen molar-refractivity contribution in [3.05, 3.63) is 54.9 Å². The molecular formula is C21H16N6OS. The summed E-state index contributed by atoms with van der Waals surface area (Å²) in [5.74, 6) is 0. The number of aromatic nitrogens is 4. The minimum absolute atomic E-state index is 0.0130. The Morgan fingerprint density at radius 2 is 1.52 bits per heavy atom. The predicted octanol–water partition coefficient (Wildman–Crippen LogP) is 3.16. The first kappa shape index (κ1) is 17.6. The molecule has 0 aliphatic carbocycles. The van der Waals surface area contributed by atoms with Crippen molar-refractivity contribution >= 4 is 66.9 Å². The summed E-state index contributed by atoms with van der Waals surface area (Å²) in [7, 11) is 0. The molecule has 8 heteroatoms. The zero-order chi connectivity index (χ0) is 19.8. The fraction of sp³-hybridized carbons (Fsp3) is 0.0952. The molecule has 0 saturated heterocycles. The molecule has 0 spiro atoms. The van der Waals surface area contributed by atoms with Gasteiger partial charge in [0.15, 0.2) is 5.11 Å². The second kappa shape index (κ2) is 7.16. The van der Waals surface area contributed by atoms with Crippen LogP contribution in [0.3, 0.4) is 0 Å². The standard InChI is InChI=1S/C21H16N6OS/c28-10-9-24-21(29)25-12-5-6-15-16(11-12)27-20-18-14(4-2-8-23-18)13-3-1-7-22-17(13)19(20)26-15/h1-8,11,28H,9-10H2,(H2,24,25,29). The molecule has 142 valence electrons. The maximum absolute atomic E-state index is 8.91. The number of nitrogens with one attached hydrogen (secondary N) is 2. The molecule has 7 nitrogen and oxygen atoms in total. The van der Waals surface area contributed by atoms with Gasteiger partial charge in [-0.25, -0.2) is 9.97 Å². The summed E-state index contributed by atoms with van der Waals surface area (Å²) < 4.78 is 0. The molecule has 0 amide bonds. The summed E-state index contributed by atoms with van der Waals surface area (Å²) in [5.41, 5.74) is 5.36. The number of rotatable bonds is 3. The number of aliphatic hydroxyl groups is 1. The van der Waals surface area contributed by atoms with E-state index in [-0.39, 0.29) is 6.61 Å². The molecule has 3 heterocycles. The van der Waals surface area contributed by atoms with Crippen molar-refractivity contribution in [3.8, 4) is 0 Å². The summed E-state index contributed by atoms with van der Waals surface area (Å²) in [6, 6.07) is 13.6. The molecule has 2 aromatic carbocycles. The van der Waals surface area contributed by atoms with Crippen LogP contribution >= 0.6 is 12.2 Å². The van der Waals surface area contributed by atoms with Crippen LogP contribution in [0.4, 0.5) is 5.69 Å². The van der Waals surface area contributed by atoms with E-state index in [1.807, 2.05) is 42.5 Å². The van der Waals surface area contributed by atoms with Crippen LogP contribution in [0, 0.1) is 0 Å². The number of hydrogen-bond acceptors (Lipinski definition) is 6. The van der Waals surface area contributed by atoms with E-state index < -0.39 is 0 Å². The zero-order valence-corrected chi connectivity index (χ0v) is 16.1. The van der Waals surface area contributed by atoms with Crippen molar-refractivity contribution < 1.29 is 5.11 Å². The lowest BCUT2D eigenvalue weighted by atomic mass is 10.1. The maximum atomic E-state index is 8.91. The Kier molecular flexibility index (Phi) is 4.34. The molecule has 0 aliphatic rings. The highest BCUT2D eigenvalue weighted by atomic mass is 32.1. The van der Waals surface area contributed by atoms with Crippen molar-refractivity contribution in [2.45, 2.75) is 0 Å². The number of pyridine rings is 2. The quantitative estimate of drug-likeness (QED) is 0.241. The van der Waals surface area contributed by atoms with Gasteiger partial charge in [0.2, 0.25) is 0 Å². The SMILES string of the molecule is OCCNC(=S)Nc1ccc2nc3c4ncccc4c4cccnc4c3nc2c1. The zero-order valence-electron chi connectivity index (χ0n) is 15.3. The van der Waals surface area contributed by atoms with Gasteiger partial charge in [-0.2, -0.15) is 0 Å². The van der Waals surface area contributed by atoms with E-state index in [9.17, 15) is 0 Å². The molecular weight excluding hydrogens is 384 g/mol. The summed E-state index contributed by atoms with van der Waals surface area (Å²) in [4.78, 5) is 18.9. The van der Waals surface area contributed by atoms with Gasteiger partial charge in [-0.15, -0.1) is 0 Å². The van der Waals surface area contributed by atoms with Crippen LogP contribution in [0.5, 0.6) is 0 Å². The average Bonchev–Trinajstić information content (AvgIpc) is 2.77. The van der Waals surface area contributed by atoms with Crippen LogP contribution in [0.1, 0.15) is 0 Å². The minimum atomic E-state index is 0.0130. The third kappa shape index (κ3) is 3.08. The highest BCUT2D eigenvalue weighted by Crippen LogP contribution is 2.32. The first-order valence-corrected chi connectivity index (χ1v) is 9.54. The third-order valence-corrected chi connectivity index (χ3v) is 4.92. The van der Waals surface area contributed by atoms with Crippen LogP contribution in [0.2, 0.25) is 0 Å². The Balaban J connectivity index is 1.73. The van der Waals surface area contributed by atoms with Gasteiger partial charge in [0.05, 0.1) is 28.7 Å². The Bertz CT molecular complexity index is 1400. The van der Waals surface area contributed by atoms with E-state index in [0.717, 1.165) is 49.6 Å². The van der Waals surface area contributed by atoms with Crippen LogP contribution in [0.25, 0.3) is 43.9 Å². The highest BCUT2D eigenvalue weighted by Gasteiger charge is 2.14. The molecule has 3 N–H and O–H groups in total. The molecule has 29 heavy (non-hydrogen) atoms. The lowest BCUT2D eigenvalue weighted by molar-refractivity contribution is 0.301. The van der Waals surface area contributed by atoms with E-state index in [1.165, 1.54) is 0 Å². The molecule has 0 fully saturated rings. The lowest BCUT2D eigenvalue weighted by Gasteiger charge is -2.11. The number of nitrogens with zero attached hydrogens (tertiary/aromatic N) is 4. The first-order chi connectivity index (χ1) is 14.2. The molecule has 0 saturated carbocycles. The van der Waals surface area contributed by atoms with E-state index in [2.05, 4.69) is 20.6 Å². The van der Waals surface area contributed by atoms with Gasteiger partial charge in [0.25, 0.3) is 0 Å². The number of aliphatic hydroxyl groups excluding tert-OH is 1. The Morgan fingerprint density at radius 3 is 2.17 bits per heavy atom. The third-order valence-electron chi connectivity index (χ3n) is 4.67. The van der Waals surface area contributed by atoms with Gasteiger partial charge in [0.1, 0.15) is 11.0 Å². The van der Waals surface area contributed by atoms with Gasteiger partial charge in [0, 0.05) is 35.4 Å². The molecule has 0 atom stereocenters. The van der Waals surface area contributed by atoms with E-state index in [1.54, 1.807) is 12.4 Å². The van der Waals surface area contributed by atoms with Gasteiger partial charge in [-0.3, -0.25) is 9.97 Å². The summed E-state index contributed by atoms with van der Waals surface area (Å²) >= 11 is 5.23.